The Labute approximate surface area is 182 Å². The molecule has 2 heterocycles. The molecule has 3 rings (SSSR count). The minimum absolute atomic E-state index is 0.763. The van der Waals surface area contributed by atoms with Crippen LogP contribution in [0.25, 0.3) is 9.40 Å². The molecule has 1 unspecified atom stereocenters. The number of thiophene rings is 2. The lowest BCUT2D eigenvalue weighted by atomic mass is 9.74. The standard InChI is InChI=1S/C26H42S2/c1-4-6-8-9-11-12-21-14-16-22(17-15-21)20(3)24-19-26-25(28-24)18-23(27-26)13-10-7-5-2/h18-22H,4-17H2,1-3H3. The van der Waals surface area contributed by atoms with Crippen LogP contribution in [-0.2, 0) is 6.42 Å². The monoisotopic (exact) mass is 418 g/mol. The maximum atomic E-state index is 2.54. The molecule has 1 fully saturated rings. The van der Waals surface area contributed by atoms with Crippen molar-refractivity contribution in [2.45, 2.75) is 117 Å². The molecule has 1 aliphatic rings. The fourth-order valence-electron chi connectivity index (χ4n) is 5.05. The Morgan fingerprint density at radius 2 is 1.50 bits per heavy atom. The molecule has 0 spiro atoms. The van der Waals surface area contributed by atoms with Crippen molar-refractivity contribution < 1.29 is 0 Å². The molecule has 0 bridgehead atoms. The van der Waals surface area contributed by atoms with Gasteiger partial charge in [0.2, 0.25) is 0 Å². The van der Waals surface area contributed by atoms with Crippen LogP contribution in [0.4, 0.5) is 0 Å². The predicted molar refractivity (Wildman–Crippen MR) is 130 cm³/mol. The summed E-state index contributed by atoms with van der Waals surface area (Å²) in [5.41, 5.74) is 0. The molecule has 0 radical (unpaired) electrons. The molecule has 1 aliphatic carbocycles. The van der Waals surface area contributed by atoms with Crippen molar-refractivity contribution in [2.75, 3.05) is 0 Å². The van der Waals surface area contributed by atoms with Gasteiger partial charge in [-0.3, -0.25) is 0 Å². The molecule has 28 heavy (non-hydrogen) atoms. The second kappa shape index (κ2) is 11.7. The van der Waals surface area contributed by atoms with Crippen molar-refractivity contribution in [3.05, 3.63) is 21.9 Å². The first-order valence-corrected chi connectivity index (χ1v) is 13.9. The van der Waals surface area contributed by atoms with Gasteiger partial charge in [0.25, 0.3) is 0 Å². The van der Waals surface area contributed by atoms with E-state index in [0.29, 0.717) is 0 Å². The van der Waals surface area contributed by atoms with E-state index in [-0.39, 0.29) is 0 Å². The minimum atomic E-state index is 0.763. The number of hydrogen-bond acceptors (Lipinski definition) is 2. The van der Waals surface area contributed by atoms with Gasteiger partial charge in [-0.05, 0) is 55.6 Å². The van der Waals surface area contributed by atoms with Crippen LogP contribution < -0.4 is 0 Å². The Bertz CT molecular complexity index is 640. The van der Waals surface area contributed by atoms with Crippen LogP contribution in [0.2, 0.25) is 0 Å². The highest BCUT2D eigenvalue weighted by molar-refractivity contribution is 7.27. The third-order valence-corrected chi connectivity index (χ3v) is 9.62. The largest absolute Gasteiger partial charge is 0.139 e. The first-order chi connectivity index (χ1) is 13.7. The molecule has 0 saturated heterocycles. The molecular weight excluding hydrogens is 376 g/mol. The molecule has 1 saturated carbocycles. The summed E-state index contributed by atoms with van der Waals surface area (Å²) in [7, 11) is 0. The maximum absolute atomic E-state index is 2.54. The van der Waals surface area contributed by atoms with Gasteiger partial charge in [0.15, 0.2) is 0 Å². The normalized spacial score (nSPS) is 21.4. The number of aryl methyl sites for hydroxylation is 1. The Kier molecular flexibility index (Phi) is 9.37. The molecule has 0 nitrogen and oxygen atoms in total. The second-order valence-electron chi connectivity index (χ2n) is 9.32. The van der Waals surface area contributed by atoms with E-state index >= 15 is 0 Å². The van der Waals surface area contributed by atoms with E-state index in [9.17, 15) is 0 Å². The number of fused-ring (bicyclic) bond motifs is 1. The summed E-state index contributed by atoms with van der Waals surface area (Å²) in [5.74, 6) is 2.72. The van der Waals surface area contributed by atoms with Gasteiger partial charge < -0.3 is 0 Å². The predicted octanol–water partition coefficient (Wildman–Crippen LogP) is 9.97. The van der Waals surface area contributed by atoms with Crippen molar-refractivity contribution in [3.63, 3.8) is 0 Å². The molecule has 0 amide bonds. The summed E-state index contributed by atoms with van der Waals surface area (Å²) >= 11 is 4.15. The summed E-state index contributed by atoms with van der Waals surface area (Å²) < 4.78 is 3.11. The van der Waals surface area contributed by atoms with E-state index in [1.807, 2.05) is 0 Å². The van der Waals surface area contributed by atoms with Crippen molar-refractivity contribution in [1.82, 2.24) is 0 Å². The summed E-state index contributed by atoms with van der Waals surface area (Å²) in [5, 5.41) is 0. The lowest BCUT2D eigenvalue weighted by molar-refractivity contribution is 0.237. The van der Waals surface area contributed by atoms with Crippen molar-refractivity contribution in [2.24, 2.45) is 11.8 Å². The van der Waals surface area contributed by atoms with Gasteiger partial charge in [-0.1, -0.05) is 85.0 Å². The molecular formula is C26H42S2. The van der Waals surface area contributed by atoms with Crippen LogP contribution in [0.3, 0.4) is 0 Å². The number of unbranched alkanes of at least 4 members (excludes halogenated alkanes) is 6. The summed E-state index contributed by atoms with van der Waals surface area (Å²) in [6.45, 7) is 7.11. The summed E-state index contributed by atoms with van der Waals surface area (Å²) in [6, 6.07) is 5.03. The fraction of sp³-hybridized carbons (Fsp3) is 0.769. The summed E-state index contributed by atoms with van der Waals surface area (Å²) in [6.07, 6.45) is 20.0. The molecule has 158 valence electrons. The molecule has 2 heteroatoms. The third-order valence-electron chi connectivity index (χ3n) is 7.07. The lowest BCUT2D eigenvalue weighted by Crippen LogP contribution is -2.18. The van der Waals surface area contributed by atoms with Crippen LogP contribution in [0.1, 0.15) is 120 Å². The zero-order valence-electron chi connectivity index (χ0n) is 18.6. The topological polar surface area (TPSA) is 0 Å². The van der Waals surface area contributed by atoms with Crippen LogP contribution >= 0.6 is 22.7 Å². The van der Waals surface area contributed by atoms with E-state index in [4.69, 9.17) is 0 Å². The van der Waals surface area contributed by atoms with E-state index in [1.54, 1.807) is 19.2 Å². The first-order valence-electron chi connectivity index (χ1n) is 12.2. The zero-order valence-corrected chi connectivity index (χ0v) is 20.2. The van der Waals surface area contributed by atoms with Crippen molar-refractivity contribution >= 4 is 32.1 Å². The lowest BCUT2D eigenvalue weighted by Gasteiger charge is -2.32. The molecule has 0 N–H and O–H groups in total. The third kappa shape index (κ3) is 6.33. The van der Waals surface area contributed by atoms with Crippen LogP contribution in [0.15, 0.2) is 12.1 Å². The molecule has 2 aromatic rings. The van der Waals surface area contributed by atoms with E-state index in [1.165, 1.54) is 89.9 Å². The van der Waals surface area contributed by atoms with Crippen LogP contribution in [0, 0.1) is 11.8 Å². The van der Waals surface area contributed by atoms with Gasteiger partial charge in [-0.25, -0.2) is 0 Å². The average molecular weight is 419 g/mol. The zero-order chi connectivity index (χ0) is 19.8. The van der Waals surface area contributed by atoms with Gasteiger partial charge in [0.05, 0.1) is 0 Å². The van der Waals surface area contributed by atoms with Crippen molar-refractivity contribution in [1.29, 1.82) is 0 Å². The highest BCUT2D eigenvalue weighted by Gasteiger charge is 2.27. The smallest absolute Gasteiger partial charge is 0.0456 e. The van der Waals surface area contributed by atoms with Crippen LogP contribution in [0.5, 0.6) is 0 Å². The van der Waals surface area contributed by atoms with Crippen LogP contribution in [-0.4, -0.2) is 0 Å². The maximum Gasteiger partial charge on any atom is 0.0456 e. The van der Waals surface area contributed by atoms with Gasteiger partial charge in [0, 0.05) is 19.2 Å². The van der Waals surface area contributed by atoms with Crippen molar-refractivity contribution in [3.8, 4) is 0 Å². The average Bonchev–Trinajstić information content (AvgIpc) is 3.27. The Balaban J connectivity index is 1.44. The van der Waals surface area contributed by atoms with Gasteiger partial charge in [-0.2, -0.15) is 0 Å². The first kappa shape index (κ1) is 22.3. The molecule has 1 atom stereocenters. The van der Waals surface area contributed by atoms with Gasteiger partial charge in [-0.15, -0.1) is 22.7 Å². The Morgan fingerprint density at radius 1 is 0.821 bits per heavy atom. The van der Waals surface area contributed by atoms with E-state index in [0.717, 1.165) is 17.8 Å². The minimum Gasteiger partial charge on any atom is -0.139 e. The van der Waals surface area contributed by atoms with E-state index < -0.39 is 0 Å². The Morgan fingerprint density at radius 3 is 2.21 bits per heavy atom. The molecule has 2 aromatic heterocycles. The van der Waals surface area contributed by atoms with E-state index in [2.05, 4.69) is 55.6 Å². The summed E-state index contributed by atoms with van der Waals surface area (Å²) in [4.78, 5) is 3.26. The van der Waals surface area contributed by atoms with Gasteiger partial charge >= 0.3 is 0 Å². The van der Waals surface area contributed by atoms with Gasteiger partial charge in [0.1, 0.15) is 0 Å². The number of rotatable bonds is 12. The highest BCUT2D eigenvalue weighted by Crippen LogP contribution is 2.44. The fourth-order valence-corrected chi connectivity index (χ4v) is 7.67. The Hall–Kier alpha value is -0.340. The molecule has 0 aromatic carbocycles. The number of hydrogen-bond donors (Lipinski definition) is 0. The SMILES string of the molecule is CCCCCCCC1CCC(C(C)c2cc3sc(CCCCC)cc3s2)CC1. The highest BCUT2D eigenvalue weighted by atomic mass is 32.1. The molecule has 0 aliphatic heterocycles. The quantitative estimate of drug-likeness (QED) is 0.301. The second-order valence-corrected chi connectivity index (χ2v) is 11.6.